The van der Waals surface area contributed by atoms with Crippen molar-refractivity contribution in [3.05, 3.63) is 0 Å². The van der Waals surface area contributed by atoms with Crippen LogP contribution in [0.1, 0.15) is 6.92 Å². The zero-order chi connectivity index (χ0) is 11.0. The monoisotopic (exact) mass is 222 g/mol. The Hall–Kier alpha value is -0.320. The summed E-state index contributed by atoms with van der Waals surface area (Å²) in [7, 11) is 3.97. The smallest absolute Gasteiger partial charge is 0.237 e. The molecule has 0 spiro atoms. The van der Waals surface area contributed by atoms with E-state index in [0.29, 0.717) is 19.8 Å². The first-order chi connectivity index (χ1) is 6.54. The second kappa shape index (κ2) is 8.03. The van der Waals surface area contributed by atoms with Crippen LogP contribution in [-0.4, -0.2) is 56.6 Å². The quantitative estimate of drug-likeness (QED) is 0.498. The highest BCUT2D eigenvalue weighted by molar-refractivity contribution is 6.30. The number of carbonyl (C=O) groups is 1. The highest BCUT2D eigenvalue weighted by Crippen LogP contribution is 1.91. The van der Waals surface area contributed by atoms with Gasteiger partial charge in [0.2, 0.25) is 5.91 Å². The molecule has 14 heavy (non-hydrogen) atoms. The van der Waals surface area contributed by atoms with Gasteiger partial charge in [0.1, 0.15) is 5.38 Å². The van der Waals surface area contributed by atoms with Crippen molar-refractivity contribution in [2.45, 2.75) is 12.3 Å². The van der Waals surface area contributed by atoms with E-state index < -0.39 is 5.38 Å². The molecule has 0 rings (SSSR count). The van der Waals surface area contributed by atoms with Crippen molar-refractivity contribution in [2.24, 2.45) is 0 Å². The van der Waals surface area contributed by atoms with Gasteiger partial charge in [-0.3, -0.25) is 4.79 Å². The van der Waals surface area contributed by atoms with Gasteiger partial charge in [0.05, 0.1) is 13.2 Å². The molecule has 0 fully saturated rings. The predicted octanol–water partition coefficient (Wildman–Crippen LogP) is 0.308. The van der Waals surface area contributed by atoms with Gasteiger partial charge in [0.25, 0.3) is 0 Å². The first kappa shape index (κ1) is 13.7. The number of rotatable bonds is 7. The summed E-state index contributed by atoms with van der Waals surface area (Å²) in [6, 6.07) is 0. The molecule has 0 aliphatic carbocycles. The van der Waals surface area contributed by atoms with Crippen molar-refractivity contribution in [3.63, 3.8) is 0 Å². The predicted molar refractivity (Wildman–Crippen MR) is 57.7 cm³/mol. The zero-order valence-electron chi connectivity index (χ0n) is 9.05. The Balaban J connectivity index is 3.18. The van der Waals surface area contributed by atoms with Gasteiger partial charge in [-0.25, -0.2) is 0 Å². The molecule has 0 aliphatic heterocycles. The van der Waals surface area contributed by atoms with Crippen LogP contribution in [-0.2, 0) is 9.53 Å². The Morgan fingerprint density at radius 3 is 2.64 bits per heavy atom. The molecule has 0 radical (unpaired) electrons. The van der Waals surface area contributed by atoms with Gasteiger partial charge in [0.15, 0.2) is 0 Å². The second-order valence-electron chi connectivity index (χ2n) is 3.32. The number of ether oxygens (including phenoxy) is 1. The van der Waals surface area contributed by atoms with E-state index in [1.807, 2.05) is 19.0 Å². The first-order valence-corrected chi connectivity index (χ1v) is 5.12. The van der Waals surface area contributed by atoms with Gasteiger partial charge < -0.3 is 15.0 Å². The van der Waals surface area contributed by atoms with Crippen molar-refractivity contribution in [1.29, 1.82) is 0 Å². The van der Waals surface area contributed by atoms with Crippen LogP contribution in [0.4, 0.5) is 0 Å². The number of carbonyl (C=O) groups excluding carboxylic acids is 1. The number of amides is 1. The maximum absolute atomic E-state index is 11.0. The SMILES string of the molecule is CC(Cl)C(=O)NCCOCCN(C)C. The molecule has 1 atom stereocenters. The van der Waals surface area contributed by atoms with Gasteiger partial charge in [-0.15, -0.1) is 11.6 Å². The van der Waals surface area contributed by atoms with Gasteiger partial charge in [-0.2, -0.15) is 0 Å². The van der Waals surface area contributed by atoms with E-state index in [9.17, 15) is 4.79 Å². The molecule has 1 amide bonds. The second-order valence-corrected chi connectivity index (χ2v) is 3.98. The summed E-state index contributed by atoms with van der Waals surface area (Å²) in [6.07, 6.45) is 0. The van der Waals surface area contributed by atoms with Gasteiger partial charge >= 0.3 is 0 Å². The third-order valence-electron chi connectivity index (χ3n) is 1.59. The summed E-state index contributed by atoms with van der Waals surface area (Å²) in [6.45, 7) is 4.26. The Morgan fingerprint density at radius 2 is 2.14 bits per heavy atom. The number of hydrogen-bond acceptors (Lipinski definition) is 3. The molecule has 1 unspecified atom stereocenters. The molecule has 84 valence electrons. The maximum atomic E-state index is 11.0. The molecule has 5 heteroatoms. The van der Waals surface area contributed by atoms with E-state index in [1.54, 1.807) is 6.92 Å². The lowest BCUT2D eigenvalue weighted by molar-refractivity contribution is -0.120. The minimum Gasteiger partial charge on any atom is -0.378 e. The van der Waals surface area contributed by atoms with Crippen LogP contribution in [0.5, 0.6) is 0 Å². The summed E-state index contributed by atoms with van der Waals surface area (Å²) < 4.78 is 5.28. The van der Waals surface area contributed by atoms with Crippen molar-refractivity contribution in [3.8, 4) is 0 Å². The fraction of sp³-hybridized carbons (Fsp3) is 0.889. The molecule has 0 saturated heterocycles. The molecular formula is C9H19ClN2O2. The van der Waals surface area contributed by atoms with E-state index in [4.69, 9.17) is 16.3 Å². The van der Waals surface area contributed by atoms with Gasteiger partial charge in [-0.05, 0) is 21.0 Å². The fourth-order valence-electron chi connectivity index (χ4n) is 0.736. The molecule has 0 aromatic carbocycles. The van der Waals surface area contributed by atoms with Crippen LogP contribution in [0.3, 0.4) is 0 Å². The molecule has 4 nitrogen and oxygen atoms in total. The standard InChI is InChI=1S/C9H19ClN2O2/c1-8(10)9(13)11-4-6-14-7-5-12(2)3/h8H,4-7H2,1-3H3,(H,11,13). The van der Waals surface area contributed by atoms with Crippen LogP contribution in [0, 0.1) is 0 Å². The Morgan fingerprint density at radius 1 is 1.50 bits per heavy atom. The third-order valence-corrected chi connectivity index (χ3v) is 1.79. The van der Waals surface area contributed by atoms with Crippen LogP contribution >= 0.6 is 11.6 Å². The Kier molecular flexibility index (Phi) is 7.84. The van der Waals surface area contributed by atoms with E-state index >= 15 is 0 Å². The summed E-state index contributed by atoms with van der Waals surface area (Å²) >= 11 is 5.55. The number of nitrogens with one attached hydrogen (secondary N) is 1. The van der Waals surface area contributed by atoms with Crippen LogP contribution in [0.25, 0.3) is 0 Å². The van der Waals surface area contributed by atoms with E-state index in [1.165, 1.54) is 0 Å². The topological polar surface area (TPSA) is 41.6 Å². The molecule has 0 aromatic rings. The molecule has 0 aromatic heterocycles. The van der Waals surface area contributed by atoms with E-state index in [2.05, 4.69) is 5.32 Å². The van der Waals surface area contributed by atoms with Gasteiger partial charge in [-0.1, -0.05) is 0 Å². The minimum absolute atomic E-state index is 0.150. The average Bonchev–Trinajstić information content (AvgIpc) is 2.09. The third kappa shape index (κ3) is 8.29. The van der Waals surface area contributed by atoms with Crippen LogP contribution in [0.2, 0.25) is 0 Å². The Labute approximate surface area is 90.5 Å². The molecular weight excluding hydrogens is 204 g/mol. The number of likely N-dealkylation sites (N-methyl/N-ethyl adjacent to an activating group) is 1. The highest BCUT2D eigenvalue weighted by atomic mass is 35.5. The van der Waals surface area contributed by atoms with Crippen molar-refractivity contribution < 1.29 is 9.53 Å². The number of hydrogen-bond donors (Lipinski definition) is 1. The summed E-state index contributed by atoms with van der Waals surface area (Å²) in [5, 5.41) is 2.19. The normalized spacial score (nSPS) is 12.9. The van der Waals surface area contributed by atoms with E-state index in [-0.39, 0.29) is 5.91 Å². The lowest BCUT2D eigenvalue weighted by Crippen LogP contribution is -2.32. The zero-order valence-corrected chi connectivity index (χ0v) is 9.80. The number of alkyl halides is 1. The fourth-order valence-corrected chi connectivity index (χ4v) is 0.813. The highest BCUT2D eigenvalue weighted by Gasteiger charge is 2.06. The molecule has 0 heterocycles. The number of nitrogens with zero attached hydrogens (tertiary/aromatic N) is 1. The lowest BCUT2D eigenvalue weighted by Gasteiger charge is -2.10. The van der Waals surface area contributed by atoms with Crippen molar-refractivity contribution in [1.82, 2.24) is 10.2 Å². The Bertz CT molecular complexity index is 163. The largest absolute Gasteiger partial charge is 0.378 e. The molecule has 0 bridgehead atoms. The van der Waals surface area contributed by atoms with Crippen molar-refractivity contribution in [2.75, 3.05) is 40.4 Å². The summed E-state index contributed by atoms with van der Waals surface area (Å²) in [4.78, 5) is 13.0. The lowest BCUT2D eigenvalue weighted by atomic mass is 10.4. The van der Waals surface area contributed by atoms with Crippen molar-refractivity contribution >= 4 is 17.5 Å². The van der Waals surface area contributed by atoms with Crippen LogP contribution < -0.4 is 5.32 Å². The first-order valence-electron chi connectivity index (χ1n) is 4.68. The van der Waals surface area contributed by atoms with Crippen LogP contribution in [0.15, 0.2) is 0 Å². The number of halogens is 1. The summed E-state index contributed by atoms with van der Waals surface area (Å²) in [5.41, 5.74) is 0. The molecule has 0 saturated carbocycles. The molecule has 0 aliphatic rings. The maximum Gasteiger partial charge on any atom is 0.237 e. The minimum atomic E-state index is -0.475. The van der Waals surface area contributed by atoms with Gasteiger partial charge in [0, 0.05) is 13.1 Å². The average molecular weight is 223 g/mol. The summed E-state index contributed by atoms with van der Waals surface area (Å²) in [5.74, 6) is -0.150. The molecule has 1 N–H and O–H groups in total. The van der Waals surface area contributed by atoms with E-state index in [0.717, 1.165) is 6.54 Å².